The van der Waals surface area contributed by atoms with Gasteiger partial charge in [-0.15, -0.1) is 0 Å². The van der Waals surface area contributed by atoms with Crippen molar-refractivity contribution < 1.29 is 10.1 Å². The molecule has 4 aromatic rings. The summed E-state index contributed by atoms with van der Waals surface area (Å²) < 4.78 is 36.1. The minimum atomic E-state index is -2.27. The van der Waals surface area contributed by atoms with Gasteiger partial charge in [-0.3, -0.25) is 4.40 Å². The average molecular weight is 334 g/mol. The number of rotatable bonds is 2. The summed E-state index contributed by atoms with van der Waals surface area (Å²) in [6, 6.07) is 11.9. The number of pyridine rings is 2. The number of benzene rings is 1. The largest absolute Gasteiger partial charge is 0.300 e. The van der Waals surface area contributed by atoms with Crippen molar-refractivity contribution in [2.24, 2.45) is 7.05 Å². The lowest BCUT2D eigenvalue weighted by Crippen LogP contribution is -2.32. The number of aromatic nitrogens is 3. The highest BCUT2D eigenvalue weighted by atomic mass is 15.0. The summed E-state index contributed by atoms with van der Waals surface area (Å²) in [5.74, 6) is -1.03. The zero-order chi connectivity index (χ0) is 21.1. The maximum Gasteiger partial charge on any atom is 0.212 e. The number of aryl methyl sites for hydroxylation is 3. The van der Waals surface area contributed by atoms with Crippen LogP contribution >= 0.6 is 0 Å². The highest BCUT2D eigenvalue weighted by molar-refractivity contribution is 5.86. The summed E-state index contributed by atoms with van der Waals surface area (Å²) in [6.45, 7) is 3.20. The summed E-state index contributed by atoms with van der Waals surface area (Å²) in [5.41, 5.74) is 6.45. The molecule has 0 bridgehead atoms. The first-order valence-electron chi connectivity index (χ1n) is 10.4. The van der Waals surface area contributed by atoms with E-state index in [1.165, 1.54) is 0 Å². The van der Waals surface area contributed by atoms with Gasteiger partial charge in [0.2, 0.25) is 5.69 Å². The number of imidazole rings is 1. The van der Waals surface area contributed by atoms with Crippen LogP contribution in [0, 0.1) is 13.8 Å². The van der Waals surface area contributed by atoms with E-state index in [4.69, 9.17) is 5.48 Å². The van der Waals surface area contributed by atoms with Crippen molar-refractivity contribution in [1.82, 2.24) is 9.38 Å². The van der Waals surface area contributed by atoms with Crippen LogP contribution in [0.15, 0.2) is 48.8 Å². The predicted octanol–water partition coefficient (Wildman–Crippen LogP) is 4.72. The van der Waals surface area contributed by atoms with Crippen LogP contribution in [0.3, 0.4) is 0 Å². The standard InChI is InChI=1S/C22H24N3/c1-14(2)17-11-20(24(5)13-16(17)4)18-12-21-19(10-15(18)3)23-22-8-6-7-9-25(21)22/h6-14H,1-5H3/q+1/i4D3,14D. The lowest BCUT2D eigenvalue weighted by molar-refractivity contribution is -0.660. The summed E-state index contributed by atoms with van der Waals surface area (Å²) in [7, 11) is 1.85. The van der Waals surface area contributed by atoms with Gasteiger partial charge >= 0.3 is 0 Å². The monoisotopic (exact) mass is 334 g/mol. The smallest absolute Gasteiger partial charge is 0.212 e. The van der Waals surface area contributed by atoms with E-state index in [0.29, 0.717) is 5.56 Å². The highest BCUT2D eigenvalue weighted by Gasteiger charge is 2.19. The van der Waals surface area contributed by atoms with Gasteiger partial charge in [-0.2, -0.15) is 0 Å². The molecule has 0 aliphatic rings. The lowest BCUT2D eigenvalue weighted by Gasteiger charge is -2.12. The molecule has 1 aromatic carbocycles. The van der Waals surface area contributed by atoms with Crippen LogP contribution in [-0.4, -0.2) is 9.38 Å². The Kier molecular flexibility index (Phi) is 2.69. The fraction of sp³-hybridized carbons (Fsp3) is 0.273. The van der Waals surface area contributed by atoms with Crippen molar-refractivity contribution in [3.63, 3.8) is 0 Å². The van der Waals surface area contributed by atoms with Gasteiger partial charge in [-0.25, -0.2) is 9.55 Å². The van der Waals surface area contributed by atoms with E-state index < -0.39 is 12.7 Å². The number of nitrogens with zero attached hydrogens (tertiary/aromatic N) is 3. The Hall–Kier alpha value is -2.68. The second kappa shape index (κ2) is 5.69. The molecule has 3 aromatic heterocycles. The van der Waals surface area contributed by atoms with Crippen molar-refractivity contribution in [1.29, 1.82) is 0 Å². The van der Waals surface area contributed by atoms with Crippen molar-refractivity contribution in [2.75, 3.05) is 0 Å². The third kappa shape index (κ3) is 2.51. The molecule has 0 radical (unpaired) electrons. The molecule has 0 fully saturated rings. The summed E-state index contributed by atoms with van der Waals surface area (Å²) in [6.07, 6.45) is 3.63. The van der Waals surface area contributed by atoms with Crippen molar-refractivity contribution >= 4 is 16.7 Å². The molecule has 0 aliphatic heterocycles. The molecule has 0 saturated carbocycles. The SMILES string of the molecule is [2H]C([2H])([2H])c1c[n+](C)c(-c2cc3c(cc2C)nc2ccccn23)cc1C([2H])(C)C. The number of hydrogen-bond acceptors (Lipinski definition) is 1. The minimum absolute atomic E-state index is 0.220. The fourth-order valence-electron chi connectivity index (χ4n) is 3.42. The van der Waals surface area contributed by atoms with E-state index in [1.807, 2.05) is 53.4 Å². The first-order valence-corrected chi connectivity index (χ1v) is 8.39. The van der Waals surface area contributed by atoms with E-state index in [-0.39, 0.29) is 5.56 Å². The van der Waals surface area contributed by atoms with Crippen molar-refractivity contribution in [3.8, 4) is 11.3 Å². The second-order valence-electron chi connectivity index (χ2n) is 6.79. The van der Waals surface area contributed by atoms with E-state index >= 15 is 0 Å². The first kappa shape index (κ1) is 11.8. The minimum Gasteiger partial charge on any atom is -0.300 e. The van der Waals surface area contributed by atoms with Crippen LogP contribution in [0.4, 0.5) is 0 Å². The molecular weight excluding hydrogens is 306 g/mol. The fourth-order valence-corrected chi connectivity index (χ4v) is 3.42. The molecule has 3 nitrogen and oxygen atoms in total. The number of fused-ring (bicyclic) bond motifs is 3. The van der Waals surface area contributed by atoms with Crippen molar-refractivity contribution in [2.45, 2.75) is 33.5 Å². The number of hydrogen-bond donors (Lipinski definition) is 0. The Morgan fingerprint density at radius 2 is 2.04 bits per heavy atom. The molecule has 0 N–H and O–H groups in total. The Bertz CT molecular complexity index is 1250. The van der Waals surface area contributed by atoms with Gasteiger partial charge in [-0.1, -0.05) is 19.9 Å². The highest BCUT2D eigenvalue weighted by Crippen LogP contribution is 2.29. The Morgan fingerprint density at radius 1 is 1.20 bits per heavy atom. The maximum absolute atomic E-state index is 8.52. The van der Waals surface area contributed by atoms with Crippen LogP contribution < -0.4 is 4.57 Å². The summed E-state index contributed by atoms with van der Waals surface area (Å²) in [5, 5.41) is 0. The quantitative estimate of drug-likeness (QED) is 0.486. The third-order valence-electron chi connectivity index (χ3n) is 4.74. The molecule has 0 spiro atoms. The molecule has 0 aliphatic carbocycles. The maximum atomic E-state index is 8.52. The Balaban J connectivity index is 2.02. The predicted molar refractivity (Wildman–Crippen MR) is 103 cm³/mol. The van der Waals surface area contributed by atoms with Crippen LogP contribution in [0.2, 0.25) is 0 Å². The Morgan fingerprint density at radius 3 is 2.80 bits per heavy atom. The second-order valence-corrected chi connectivity index (χ2v) is 6.79. The lowest BCUT2D eigenvalue weighted by atomic mass is 9.95. The molecule has 0 amide bonds. The molecule has 3 heterocycles. The van der Waals surface area contributed by atoms with E-state index in [2.05, 4.69) is 17.1 Å². The third-order valence-corrected chi connectivity index (χ3v) is 4.74. The molecule has 0 unspecified atom stereocenters. The van der Waals surface area contributed by atoms with Crippen LogP contribution in [0.1, 0.15) is 41.9 Å². The topological polar surface area (TPSA) is 21.2 Å². The van der Waals surface area contributed by atoms with Gasteiger partial charge in [-0.05, 0) is 55.1 Å². The summed E-state index contributed by atoms with van der Waals surface area (Å²) >= 11 is 0. The Labute approximate surface area is 154 Å². The molecule has 0 saturated heterocycles. The van der Waals surface area contributed by atoms with E-state index in [9.17, 15) is 0 Å². The molecule has 126 valence electrons. The first-order chi connectivity index (χ1) is 13.5. The van der Waals surface area contributed by atoms with Gasteiger partial charge < -0.3 is 0 Å². The zero-order valence-electron chi connectivity index (χ0n) is 19.0. The van der Waals surface area contributed by atoms with Crippen molar-refractivity contribution in [3.05, 3.63) is 65.5 Å². The molecule has 0 atom stereocenters. The zero-order valence-corrected chi connectivity index (χ0v) is 15.0. The van der Waals surface area contributed by atoms with E-state index in [0.717, 1.165) is 33.5 Å². The van der Waals surface area contributed by atoms with E-state index in [1.54, 1.807) is 20.0 Å². The van der Waals surface area contributed by atoms with Crippen LogP contribution in [-0.2, 0) is 7.05 Å². The van der Waals surface area contributed by atoms with Crippen LogP contribution in [0.5, 0.6) is 0 Å². The van der Waals surface area contributed by atoms with Crippen LogP contribution in [0.25, 0.3) is 27.9 Å². The normalized spacial score (nSPS) is 15.0. The summed E-state index contributed by atoms with van der Waals surface area (Å²) in [4.78, 5) is 4.69. The molecule has 4 rings (SSSR count). The van der Waals surface area contributed by atoms with Gasteiger partial charge in [0.1, 0.15) is 12.7 Å². The van der Waals surface area contributed by atoms with Gasteiger partial charge in [0, 0.05) is 23.3 Å². The molecule has 25 heavy (non-hydrogen) atoms. The molecular formula is C22H24N3+. The average Bonchev–Trinajstić information content (AvgIpc) is 2.96. The molecule has 3 heteroatoms. The van der Waals surface area contributed by atoms with Gasteiger partial charge in [0.05, 0.1) is 16.6 Å². The van der Waals surface area contributed by atoms with Gasteiger partial charge in [0.15, 0.2) is 6.20 Å². The van der Waals surface area contributed by atoms with Gasteiger partial charge in [0.25, 0.3) is 0 Å².